The van der Waals surface area contributed by atoms with E-state index in [4.69, 9.17) is 9.47 Å². The van der Waals surface area contributed by atoms with E-state index in [2.05, 4.69) is 0 Å². The molecule has 0 saturated heterocycles. The molecule has 1 heterocycles. The number of carbonyl (C=O) groups excluding carboxylic acids is 1. The van der Waals surface area contributed by atoms with Crippen LogP contribution in [0.2, 0.25) is 0 Å². The topological polar surface area (TPSA) is 93.1 Å². The first-order valence-electron chi connectivity index (χ1n) is 12.0. The van der Waals surface area contributed by atoms with Crippen molar-refractivity contribution in [1.29, 1.82) is 0 Å². The molecule has 1 aliphatic heterocycles. The fourth-order valence-corrected chi connectivity index (χ4v) is 6.73. The average Bonchev–Trinajstić information content (AvgIpc) is 3.37. The van der Waals surface area contributed by atoms with Crippen LogP contribution in [0, 0.1) is 5.92 Å². The van der Waals surface area contributed by atoms with Gasteiger partial charge in [-0.1, -0.05) is 85.4 Å². The second kappa shape index (κ2) is 11.7. The highest BCUT2D eigenvalue weighted by Gasteiger charge is 2.35. The third-order valence-electron chi connectivity index (χ3n) is 6.45. The lowest BCUT2D eigenvalue weighted by atomic mass is 9.98. The van der Waals surface area contributed by atoms with Gasteiger partial charge < -0.3 is 14.6 Å². The van der Waals surface area contributed by atoms with Crippen LogP contribution in [0.3, 0.4) is 0 Å². The molecule has 4 rings (SSSR count). The third-order valence-corrected chi connectivity index (χ3v) is 9.29. The maximum absolute atomic E-state index is 13.5. The summed E-state index contributed by atoms with van der Waals surface area (Å²) in [7, 11) is -3.60. The number of aliphatic hydroxyl groups excluding tert-OH is 1. The van der Waals surface area contributed by atoms with Gasteiger partial charge in [0.1, 0.15) is 0 Å². The van der Waals surface area contributed by atoms with Gasteiger partial charge in [0.05, 0.1) is 23.5 Å². The quantitative estimate of drug-likeness (QED) is 0.389. The number of aliphatic hydroxyl groups is 1. The highest BCUT2D eigenvalue weighted by atomic mass is 32.2. The van der Waals surface area contributed by atoms with Gasteiger partial charge in [-0.3, -0.25) is 4.79 Å². The van der Waals surface area contributed by atoms with Crippen molar-refractivity contribution in [3.63, 3.8) is 0 Å². The molecule has 0 aliphatic carbocycles. The highest BCUT2D eigenvalue weighted by Crippen LogP contribution is 2.41. The Balaban J connectivity index is 1.58. The first-order chi connectivity index (χ1) is 17.6. The summed E-state index contributed by atoms with van der Waals surface area (Å²) in [6, 6.07) is 23.4. The number of hydrogen-bond donors (Lipinski definition) is 1. The number of hydrogen-bond acceptors (Lipinski definition) is 7. The Labute approximate surface area is 222 Å². The second-order valence-electron chi connectivity index (χ2n) is 9.15. The first-order valence-corrected chi connectivity index (χ1v) is 14.7. The number of nitrogens with zero attached hydrogens (tertiary/aromatic N) is 1. The summed E-state index contributed by atoms with van der Waals surface area (Å²) in [5.74, 6) is 0.385. The zero-order chi connectivity index (χ0) is 26.6. The van der Waals surface area contributed by atoms with Gasteiger partial charge >= 0.3 is 0 Å². The molecule has 7 nitrogen and oxygen atoms in total. The lowest BCUT2D eigenvalue weighted by molar-refractivity contribution is -0.117. The minimum Gasteiger partial charge on any atom is -0.454 e. The molecule has 3 aromatic rings. The summed E-state index contributed by atoms with van der Waals surface area (Å²) in [4.78, 5) is 13.5. The Hall–Kier alpha value is -2.85. The molecule has 0 radical (unpaired) electrons. The molecule has 196 valence electrons. The van der Waals surface area contributed by atoms with Crippen molar-refractivity contribution in [3.05, 3.63) is 95.6 Å². The van der Waals surface area contributed by atoms with Crippen molar-refractivity contribution in [2.24, 2.45) is 5.92 Å². The Morgan fingerprint density at radius 1 is 0.946 bits per heavy atom. The van der Waals surface area contributed by atoms with Crippen molar-refractivity contribution < 1.29 is 27.8 Å². The Morgan fingerprint density at radius 3 is 2.22 bits per heavy atom. The molecule has 0 spiro atoms. The van der Waals surface area contributed by atoms with Gasteiger partial charge in [-0.2, -0.15) is 4.31 Å². The standard InChI is InChI=1S/C28H31NO6S2/c1-19(26(30)23-14-15-24-25(16-23)35-18-34-24)28(31)36-27(22-12-8-5-9-13-22)20(2)29(37(3,32)33)17-21-10-6-4-7-11-21/h4-16,19-20,26-27,30H,17-18H2,1-3H3/t19-,20+,26+,27+/m0/s1. The molecule has 0 amide bonds. The predicted octanol–water partition coefficient (Wildman–Crippen LogP) is 4.94. The zero-order valence-electron chi connectivity index (χ0n) is 21.0. The Bertz CT molecular complexity index is 1320. The number of thioether (sulfide) groups is 1. The molecular weight excluding hydrogens is 510 g/mol. The summed E-state index contributed by atoms with van der Waals surface area (Å²) in [5, 5.41) is 10.3. The van der Waals surface area contributed by atoms with Crippen LogP contribution in [0.25, 0.3) is 0 Å². The summed E-state index contributed by atoms with van der Waals surface area (Å²) in [6.07, 6.45) is 0.129. The Morgan fingerprint density at radius 2 is 1.57 bits per heavy atom. The van der Waals surface area contributed by atoms with E-state index in [1.807, 2.05) is 67.6 Å². The van der Waals surface area contributed by atoms with Gasteiger partial charge in [-0.05, 0) is 35.7 Å². The van der Waals surface area contributed by atoms with Crippen LogP contribution in [0.15, 0.2) is 78.9 Å². The van der Waals surface area contributed by atoms with Crippen LogP contribution < -0.4 is 9.47 Å². The summed E-state index contributed by atoms with van der Waals surface area (Å²) < 4.78 is 37.9. The molecule has 4 atom stereocenters. The minimum absolute atomic E-state index is 0.121. The monoisotopic (exact) mass is 541 g/mol. The third kappa shape index (κ3) is 6.54. The van der Waals surface area contributed by atoms with E-state index in [1.54, 1.807) is 25.1 Å². The van der Waals surface area contributed by atoms with Crippen LogP contribution in [-0.4, -0.2) is 42.0 Å². The van der Waals surface area contributed by atoms with E-state index in [0.29, 0.717) is 17.1 Å². The van der Waals surface area contributed by atoms with E-state index >= 15 is 0 Å². The van der Waals surface area contributed by atoms with Crippen LogP contribution in [-0.2, 0) is 21.4 Å². The van der Waals surface area contributed by atoms with Crippen molar-refractivity contribution in [1.82, 2.24) is 4.31 Å². The lowest BCUT2D eigenvalue weighted by Gasteiger charge is -2.33. The average molecular weight is 542 g/mol. The van der Waals surface area contributed by atoms with Crippen LogP contribution in [0.1, 0.15) is 41.9 Å². The SMILES string of the molecule is C[C@H](C(=O)S[C@@H](c1ccccc1)[C@@H](C)N(Cc1ccccc1)S(C)(=O)=O)[C@@H](O)c1ccc2c(c1)OCO2. The fraction of sp³-hybridized carbons (Fsp3) is 0.321. The molecule has 1 N–H and O–H groups in total. The molecule has 1 aliphatic rings. The van der Waals surface area contributed by atoms with Crippen LogP contribution in [0.4, 0.5) is 0 Å². The lowest BCUT2D eigenvalue weighted by Crippen LogP contribution is -2.40. The van der Waals surface area contributed by atoms with E-state index in [1.165, 1.54) is 10.6 Å². The van der Waals surface area contributed by atoms with E-state index in [9.17, 15) is 18.3 Å². The molecule has 0 fully saturated rings. The fourth-order valence-electron chi connectivity index (χ4n) is 4.31. The molecular formula is C28H31NO6S2. The molecule has 0 unspecified atom stereocenters. The van der Waals surface area contributed by atoms with E-state index < -0.39 is 33.3 Å². The van der Waals surface area contributed by atoms with Gasteiger partial charge in [0.25, 0.3) is 0 Å². The minimum atomic E-state index is -3.60. The zero-order valence-corrected chi connectivity index (χ0v) is 22.6. The van der Waals surface area contributed by atoms with Gasteiger partial charge in [0, 0.05) is 12.6 Å². The van der Waals surface area contributed by atoms with Crippen molar-refractivity contribution in [3.8, 4) is 11.5 Å². The normalized spacial score (nSPS) is 16.2. The number of ether oxygens (including phenoxy) is 2. The van der Waals surface area contributed by atoms with Crippen LogP contribution >= 0.6 is 11.8 Å². The van der Waals surface area contributed by atoms with Gasteiger partial charge in [-0.15, -0.1) is 0 Å². The summed E-state index contributed by atoms with van der Waals surface area (Å²) in [6.45, 7) is 3.81. The number of sulfonamides is 1. The highest BCUT2D eigenvalue weighted by molar-refractivity contribution is 8.13. The largest absolute Gasteiger partial charge is 0.454 e. The molecule has 0 bridgehead atoms. The molecule has 0 saturated carbocycles. The van der Waals surface area contributed by atoms with Crippen LogP contribution in [0.5, 0.6) is 11.5 Å². The van der Waals surface area contributed by atoms with E-state index in [0.717, 1.165) is 22.9 Å². The predicted molar refractivity (Wildman–Crippen MR) is 145 cm³/mol. The number of rotatable bonds is 10. The van der Waals surface area contributed by atoms with Crippen molar-refractivity contribution >= 4 is 26.9 Å². The van der Waals surface area contributed by atoms with Gasteiger partial charge in [0.15, 0.2) is 16.6 Å². The van der Waals surface area contributed by atoms with Crippen molar-refractivity contribution in [2.45, 2.75) is 37.8 Å². The molecule has 0 aromatic heterocycles. The Kier molecular flexibility index (Phi) is 8.59. The maximum Gasteiger partial charge on any atom is 0.231 e. The number of benzene rings is 3. The van der Waals surface area contributed by atoms with E-state index in [-0.39, 0.29) is 18.5 Å². The summed E-state index contributed by atoms with van der Waals surface area (Å²) >= 11 is 1.06. The molecule has 3 aromatic carbocycles. The second-order valence-corrected chi connectivity index (χ2v) is 12.2. The first kappa shape index (κ1) is 27.2. The smallest absolute Gasteiger partial charge is 0.231 e. The van der Waals surface area contributed by atoms with Gasteiger partial charge in [0.2, 0.25) is 16.8 Å². The number of fused-ring (bicyclic) bond motifs is 1. The number of carbonyl (C=O) groups is 1. The molecule has 37 heavy (non-hydrogen) atoms. The van der Waals surface area contributed by atoms with Gasteiger partial charge in [-0.25, -0.2) is 8.42 Å². The molecule has 9 heteroatoms. The van der Waals surface area contributed by atoms with Crippen molar-refractivity contribution in [2.75, 3.05) is 13.0 Å². The summed E-state index contributed by atoms with van der Waals surface area (Å²) in [5.41, 5.74) is 2.24. The maximum atomic E-state index is 13.5.